The van der Waals surface area contributed by atoms with Crippen molar-refractivity contribution in [2.45, 2.75) is 0 Å². The highest BCUT2D eigenvalue weighted by atomic mass is 32.1. The average Bonchev–Trinajstić information content (AvgIpc) is 2.53. The minimum absolute atomic E-state index is 0.00926. The highest BCUT2D eigenvalue weighted by Gasteiger charge is 2.17. The van der Waals surface area contributed by atoms with Crippen molar-refractivity contribution in [2.24, 2.45) is 0 Å². The summed E-state index contributed by atoms with van der Waals surface area (Å²) in [5, 5.41) is 10.4. The third-order valence-electron chi connectivity index (χ3n) is 1.54. The lowest BCUT2D eigenvalue weighted by Gasteiger charge is -1.91. The number of nitrogens with zero attached hydrogens (tertiary/aromatic N) is 3. The Kier molecular flexibility index (Phi) is 1.66. The highest BCUT2D eigenvalue weighted by Crippen LogP contribution is 2.25. The lowest BCUT2D eigenvalue weighted by Crippen LogP contribution is -1.90. The molecule has 0 unspecified atom stereocenters. The van der Waals surface area contributed by atoms with E-state index >= 15 is 0 Å². The number of nitro groups is 1. The molecule has 1 aromatic carbocycles. The monoisotopic (exact) mass is 199 g/mol. The van der Waals surface area contributed by atoms with Gasteiger partial charge in [0.1, 0.15) is 5.52 Å². The maximum Gasteiger partial charge on any atom is 0.298 e. The van der Waals surface area contributed by atoms with E-state index in [1.807, 2.05) is 0 Å². The molecule has 5 nitrogen and oxygen atoms in total. The van der Waals surface area contributed by atoms with Gasteiger partial charge in [0.2, 0.25) is 0 Å². The summed E-state index contributed by atoms with van der Waals surface area (Å²) in [6.07, 6.45) is 0. The van der Waals surface area contributed by atoms with Crippen LogP contribution in [0.5, 0.6) is 0 Å². The van der Waals surface area contributed by atoms with Crippen LogP contribution in [0, 0.1) is 15.9 Å². The Hall–Kier alpha value is -1.63. The smallest absolute Gasteiger partial charge is 0.258 e. The Morgan fingerprint density at radius 1 is 1.38 bits per heavy atom. The molecule has 7 heteroatoms. The second-order valence-electron chi connectivity index (χ2n) is 2.29. The van der Waals surface area contributed by atoms with E-state index in [4.69, 9.17) is 0 Å². The number of fused-ring (bicyclic) bond motifs is 1. The first-order chi connectivity index (χ1) is 6.20. The molecule has 0 atom stereocenters. The van der Waals surface area contributed by atoms with Gasteiger partial charge in [-0.3, -0.25) is 10.1 Å². The van der Waals surface area contributed by atoms with Crippen molar-refractivity contribution in [3.63, 3.8) is 0 Å². The summed E-state index contributed by atoms with van der Waals surface area (Å²) in [5.74, 6) is -0.589. The molecule has 2 aromatic rings. The van der Waals surface area contributed by atoms with Gasteiger partial charge in [-0.05, 0) is 6.07 Å². The molecule has 2 rings (SSSR count). The van der Waals surface area contributed by atoms with Crippen LogP contribution in [0.15, 0.2) is 12.1 Å². The standard InChI is InChI=1S/C6H2FN3O2S/c7-3-1-2-4(10(11)12)6-5(3)8-13-9-6/h1-2H. The zero-order valence-corrected chi connectivity index (χ0v) is 6.92. The van der Waals surface area contributed by atoms with Crippen LogP contribution in [0.1, 0.15) is 0 Å². The number of aromatic nitrogens is 2. The summed E-state index contributed by atoms with van der Waals surface area (Å²) in [7, 11) is 0. The predicted octanol–water partition coefficient (Wildman–Crippen LogP) is 1.74. The van der Waals surface area contributed by atoms with Crippen LogP contribution < -0.4 is 0 Å². The van der Waals surface area contributed by atoms with Crippen molar-refractivity contribution in [3.8, 4) is 0 Å². The summed E-state index contributed by atoms with van der Waals surface area (Å²) in [5.41, 5.74) is -0.251. The molecule has 0 fully saturated rings. The molecule has 0 saturated carbocycles. The summed E-state index contributed by atoms with van der Waals surface area (Å²) < 4.78 is 20.2. The molecule has 0 N–H and O–H groups in total. The van der Waals surface area contributed by atoms with Gasteiger partial charge in [-0.1, -0.05) is 0 Å². The van der Waals surface area contributed by atoms with Crippen LogP contribution in [0.4, 0.5) is 10.1 Å². The molecule has 0 aliphatic rings. The summed E-state index contributed by atoms with van der Waals surface area (Å²) in [4.78, 5) is 9.84. The minimum Gasteiger partial charge on any atom is -0.258 e. The van der Waals surface area contributed by atoms with Crippen LogP contribution in [0.3, 0.4) is 0 Å². The SMILES string of the molecule is O=[N+]([O-])c1ccc(F)c2nsnc12. The van der Waals surface area contributed by atoms with E-state index in [0.717, 1.165) is 23.9 Å². The number of hydrogen-bond donors (Lipinski definition) is 0. The molecule has 1 heterocycles. The third kappa shape index (κ3) is 1.13. The normalized spacial score (nSPS) is 10.5. The lowest BCUT2D eigenvalue weighted by atomic mass is 10.2. The Morgan fingerprint density at radius 3 is 2.77 bits per heavy atom. The van der Waals surface area contributed by atoms with E-state index in [9.17, 15) is 14.5 Å². The number of hydrogen-bond acceptors (Lipinski definition) is 5. The lowest BCUT2D eigenvalue weighted by molar-refractivity contribution is -0.383. The van der Waals surface area contributed by atoms with Crippen molar-refractivity contribution in [1.82, 2.24) is 8.75 Å². The molecule has 13 heavy (non-hydrogen) atoms. The average molecular weight is 199 g/mol. The molecule has 1 aromatic heterocycles. The number of halogens is 1. The number of nitro benzene ring substituents is 1. The fourth-order valence-corrected chi connectivity index (χ4v) is 1.53. The van der Waals surface area contributed by atoms with Gasteiger partial charge in [0.05, 0.1) is 16.7 Å². The third-order valence-corrected chi connectivity index (χ3v) is 2.07. The summed E-state index contributed by atoms with van der Waals surface area (Å²) >= 11 is 0.754. The molecular formula is C6H2FN3O2S. The van der Waals surface area contributed by atoms with Gasteiger partial charge in [-0.15, -0.1) is 0 Å². The van der Waals surface area contributed by atoms with Crippen molar-refractivity contribution in [3.05, 3.63) is 28.1 Å². The Labute approximate surface area is 75.3 Å². The predicted molar refractivity (Wildman–Crippen MR) is 44.0 cm³/mol. The minimum atomic E-state index is -0.608. The fourth-order valence-electron chi connectivity index (χ4n) is 0.971. The molecule has 0 saturated heterocycles. The second kappa shape index (κ2) is 2.70. The van der Waals surface area contributed by atoms with Crippen molar-refractivity contribution in [1.29, 1.82) is 0 Å². The molecule has 0 bridgehead atoms. The van der Waals surface area contributed by atoms with E-state index in [1.165, 1.54) is 0 Å². The van der Waals surface area contributed by atoms with Crippen molar-refractivity contribution in [2.75, 3.05) is 0 Å². The molecule has 0 radical (unpaired) electrons. The van der Waals surface area contributed by atoms with Gasteiger partial charge in [-0.2, -0.15) is 8.75 Å². The number of non-ortho nitro benzene ring substituents is 1. The van der Waals surface area contributed by atoms with Gasteiger partial charge in [0, 0.05) is 6.07 Å². The Bertz CT molecular complexity index is 484. The summed E-state index contributed by atoms with van der Waals surface area (Å²) in [6, 6.07) is 2.10. The topological polar surface area (TPSA) is 68.9 Å². The van der Waals surface area contributed by atoms with Crippen LogP contribution in [0.2, 0.25) is 0 Å². The van der Waals surface area contributed by atoms with Crippen LogP contribution in [0.25, 0.3) is 11.0 Å². The van der Waals surface area contributed by atoms with E-state index in [-0.39, 0.29) is 16.7 Å². The van der Waals surface area contributed by atoms with Crippen LogP contribution in [-0.2, 0) is 0 Å². The zero-order chi connectivity index (χ0) is 9.42. The number of rotatable bonds is 1. The summed E-state index contributed by atoms with van der Waals surface area (Å²) in [6.45, 7) is 0. The van der Waals surface area contributed by atoms with Crippen molar-refractivity contribution >= 4 is 28.4 Å². The Morgan fingerprint density at radius 2 is 2.08 bits per heavy atom. The van der Waals surface area contributed by atoms with Gasteiger partial charge in [-0.25, -0.2) is 4.39 Å². The quantitative estimate of drug-likeness (QED) is 0.518. The molecule has 0 spiro atoms. The highest BCUT2D eigenvalue weighted by molar-refractivity contribution is 7.00. The second-order valence-corrected chi connectivity index (χ2v) is 2.81. The maximum atomic E-state index is 12.9. The van der Waals surface area contributed by atoms with Gasteiger partial charge < -0.3 is 0 Å². The first-order valence-corrected chi connectivity index (χ1v) is 3.98. The van der Waals surface area contributed by atoms with Gasteiger partial charge in [0.15, 0.2) is 11.3 Å². The first-order valence-electron chi connectivity index (χ1n) is 3.25. The Balaban J connectivity index is 2.86. The van der Waals surface area contributed by atoms with Crippen molar-refractivity contribution < 1.29 is 9.31 Å². The zero-order valence-electron chi connectivity index (χ0n) is 6.10. The molecular weight excluding hydrogens is 197 g/mol. The van der Waals surface area contributed by atoms with E-state index in [0.29, 0.717) is 0 Å². The largest absolute Gasteiger partial charge is 0.298 e. The van der Waals surface area contributed by atoms with Gasteiger partial charge in [0.25, 0.3) is 5.69 Å². The van der Waals surface area contributed by atoms with E-state index < -0.39 is 10.7 Å². The van der Waals surface area contributed by atoms with E-state index in [1.54, 1.807) is 0 Å². The molecule has 66 valence electrons. The van der Waals surface area contributed by atoms with Crippen LogP contribution in [-0.4, -0.2) is 13.7 Å². The fraction of sp³-hybridized carbons (Fsp3) is 0. The molecule has 0 aliphatic heterocycles. The maximum absolute atomic E-state index is 12.9. The molecule has 0 amide bonds. The van der Waals surface area contributed by atoms with E-state index in [2.05, 4.69) is 8.75 Å². The van der Waals surface area contributed by atoms with Gasteiger partial charge >= 0.3 is 0 Å². The number of benzene rings is 1. The molecule has 0 aliphatic carbocycles. The first kappa shape index (κ1) is 7.99. The van der Waals surface area contributed by atoms with Crippen LogP contribution >= 0.6 is 11.7 Å².